The van der Waals surface area contributed by atoms with E-state index in [4.69, 9.17) is 30.5 Å². The van der Waals surface area contributed by atoms with Crippen molar-refractivity contribution in [3.8, 4) is 23.0 Å². The summed E-state index contributed by atoms with van der Waals surface area (Å²) in [7, 11) is 2.96. The molecular weight excluding hydrogens is 510 g/mol. The van der Waals surface area contributed by atoms with Crippen LogP contribution in [0.3, 0.4) is 0 Å². The largest absolute Gasteiger partial charge is 0.493 e. The number of rotatable bonds is 12. The molecule has 10 heteroatoms. The number of hydrogen-bond donors (Lipinski definition) is 2. The lowest BCUT2D eigenvalue weighted by molar-refractivity contribution is -0.118. The second-order valence-electron chi connectivity index (χ2n) is 8.15. The second kappa shape index (κ2) is 13.9. The molecule has 0 saturated carbocycles. The molecule has 0 aliphatic rings. The fourth-order valence-corrected chi connectivity index (χ4v) is 3.66. The Balaban J connectivity index is 1.62. The Morgan fingerprint density at radius 2 is 1.76 bits per heavy atom. The van der Waals surface area contributed by atoms with Crippen molar-refractivity contribution >= 4 is 35.3 Å². The van der Waals surface area contributed by atoms with E-state index in [1.807, 2.05) is 32.0 Å². The SMILES string of the molecule is CCCOc1ccc(C(=O)N/N=C/c2cc(Cl)c(OCC(=O)Nc3cccc(C)c3)c(OC)c2)cc1OC. The summed E-state index contributed by atoms with van der Waals surface area (Å²) in [5.74, 6) is 0.761. The van der Waals surface area contributed by atoms with Crippen LogP contribution in [0, 0.1) is 6.92 Å². The number of halogens is 1. The Bertz CT molecular complexity index is 1310. The minimum absolute atomic E-state index is 0.215. The van der Waals surface area contributed by atoms with E-state index < -0.39 is 5.91 Å². The van der Waals surface area contributed by atoms with Crippen molar-refractivity contribution in [1.82, 2.24) is 5.43 Å². The van der Waals surface area contributed by atoms with Gasteiger partial charge < -0.3 is 24.3 Å². The van der Waals surface area contributed by atoms with Crippen LogP contribution < -0.4 is 29.7 Å². The highest BCUT2D eigenvalue weighted by atomic mass is 35.5. The Labute approximate surface area is 226 Å². The number of carbonyl (C=O) groups excluding carboxylic acids is 2. The molecule has 38 heavy (non-hydrogen) atoms. The predicted molar refractivity (Wildman–Crippen MR) is 147 cm³/mol. The Kier molecular flexibility index (Phi) is 10.4. The zero-order chi connectivity index (χ0) is 27.5. The lowest BCUT2D eigenvalue weighted by Crippen LogP contribution is -2.20. The van der Waals surface area contributed by atoms with Crippen LogP contribution in [0.4, 0.5) is 5.69 Å². The van der Waals surface area contributed by atoms with Crippen molar-refractivity contribution in [2.45, 2.75) is 20.3 Å². The van der Waals surface area contributed by atoms with Gasteiger partial charge in [-0.3, -0.25) is 9.59 Å². The van der Waals surface area contributed by atoms with Crippen molar-refractivity contribution in [1.29, 1.82) is 0 Å². The summed E-state index contributed by atoms with van der Waals surface area (Å²) < 4.78 is 21.9. The van der Waals surface area contributed by atoms with Crippen molar-refractivity contribution < 1.29 is 28.5 Å². The number of hydrogen-bond acceptors (Lipinski definition) is 7. The van der Waals surface area contributed by atoms with Crippen LogP contribution >= 0.6 is 11.6 Å². The van der Waals surface area contributed by atoms with Crippen LogP contribution in [0.15, 0.2) is 59.7 Å². The van der Waals surface area contributed by atoms with E-state index in [1.54, 1.807) is 36.4 Å². The topological polar surface area (TPSA) is 107 Å². The van der Waals surface area contributed by atoms with Gasteiger partial charge in [0.2, 0.25) is 0 Å². The van der Waals surface area contributed by atoms with Crippen molar-refractivity contribution in [3.63, 3.8) is 0 Å². The predicted octanol–water partition coefficient (Wildman–Crippen LogP) is 5.24. The van der Waals surface area contributed by atoms with Crippen LogP contribution in [0.1, 0.15) is 34.8 Å². The lowest BCUT2D eigenvalue weighted by atomic mass is 10.2. The normalized spacial score (nSPS) is 10.7. The summed E-state index contributed by atoms with van der Waals surface area (Å²) >= 11 is 6.39. The minimum Gasteiger partial charge on any atom is -0.493 e. The maximum absolute atomic E-state index is 12.5. The summed E-state index contributed by atoms with van der Waals surface area (Å²) in [6.45, 7) is 4.22. The van der Waals surface area contributed by atoms with Crippen LogP contribution in [0.25, 0.3) is 0 Å². The Hall–Kier alpha value is -4.24. The first-order valence-corrected chi connectivity index (χ1v) is 12.2. The number of aryl methyl sites for hydroxylation is 1. The number of ether oxygens (including phenoxy) is 4. The Morgan fingerprint density at radius 1 is 0.974 bits per heavy atom. The van der Waals surface area contributed by atoms with E-state index in [0.29, 0.717) is 40.7 Å². The first-order chi connectivity index (χ1) is 18.3. The highest BCUT2D eigenvalue weighted by molar-refractivity contribution is 6.32. The molecule has 2 N–H and O–H groups in total. The van der Waals surface area contributed by atoms with Gasteiger partial charge in [-0.25, -0.2) is 5.43 Å². The van der Waals surface area contributed by atoms with E-state index >= 15 is 0 Å². The molecule has 0 unspecified atom stereocenters. The molecular formula is C28H30ClN3O6. The van der Waals surface area contributed by atoms with Gasteiger partial charge >= 0.3 is 0 Å². The highest BCUT2D eigenvalue weighted by Gasteiger charge is 2.14. The molecule has 0 fully saturated rings. The summed E-state index contributed by atoms with van der Waals surface area (Å²) in [5, 5.41) is 6.99. The third-order valence-electron chi connectivity index (χ3n) is 5.17. The summed E-state index contributed by atoms with van der Waals surface area (Å²) in [6, 6.07) is 15.5. The molecule has 2 amide bonds. The smallest absolute Gasteiger partial charge is 0.271 e. The summed E-state index contributed by atoms with van der Waals surface area (Å²) in [5.41, 5.74) is 5.06. The van der Waals surface area contributed by atoms with Gasteiger partial charge in [-0.2, -0.15) is 5.10 Å². The van der Waals surface area contributed by atoms with Crippen molar-refractivity contribution in [2.75, 3.05) is 32.8 Å². The molecule has 9 nitrogen and oxygen atoms in total. The van der Waals surface area contributed by atoms with E-state index in [9.17, 15) is 9.59 Å². The number of amides is 2. The van der Waals surface area contributed by atoms with Crippen LogP contribution in [0.5, 0.6) is 23.0 Å². The molecule has 0 atom stereocenters. The molecule has 200 valence electrons. The second-order valence-corrected chi connectivity index (χ2v) is 8.56. The first-order valence-electron chi connectivity index (χ1n) is 11.9. The number of nitrogens with zero attached hydrogens (tertiary/aromatic N) is 1. The van der Waals surface area contributed by atoms with Crippen LogP contribution in [-0.2, 0) is 4.79 Å². The quantitative estimate of drug-likeness (QED) is 0.241. The number of methoxy groups -OCH3 is 2. The fourth-order valence-electron chi connectivity index (χ4n) is 3.38. The number of hydrazone groups is 1. The molecule has 0 spiro atoms. The van der Waals surface area contributed by atoms with Gasteiger partial charge in [-0.15, -0.1) is 0 Å². The van der Waals surface area contributed by atoms with Gasteiger partial charge in [-0.05, 0) is 66.9 Å². The molecule has 0 bridgehead atoms. The molecule has 3 rings (SSSR count). The van der Waals surface area contributed by atoms with Gasteiger partial charge in [0.1, 0.15) is 0 Å². The standard InChI is InChI=1S/C28H30ClN3O6/c1-5-11-37-23-10-9-20(15-24(23)35-3)28(34)32-30-16-19-13-22(29)27(25(14-19)36-4)38-17-26(33)31-21-8-6-7-18(2)12-21/h6-10,12-16H,5,11,17H2,1-4H3,(H,31,33)(H,32,34)/b30-16+. The molecule has 0 heterocycles. The molecule has 0 radical (unpaired) electrons. The zero-order valence-corrected chi connectivity index (χ0v) is 22.4. The first kappa shape index (κ1) is 28.3. The lowest BCUT2D eigenvalue weighted by Gasteiger charge is -2.13. The third-order valence-corrected chi connectivity index (χ3v) is 5.45. The van der Waals surface area contributed by atoms with E-state index in [2.05, 4.69) is 15.8 Å². The average molecular weight is 540 g/mol. The summed E-state index contributed by atoms with van der Waals surface area (Å²) in [6.07, 6.45) is 2.27. The fraction of sp³-hybridized carbons (Fsp3) is 0.250. The Morgan fingerprint density at radius 3 is 2.47 bits per heavy atom. The molecule has 0 aromatic heterocycles. The number of carbonyl (C=O) groups is 2. The van der Waals surface area contributed by atoms with Gasteiger partial charge in [0.05, 0.1) is 32.1 Å². The van der Waals surface area contributed by atoms with E-state index in [-0.39, 0.29) is 23.3 Å². The van der Waals surface area contributed by atoms with Gasteiger partial charge in [-0.1, -0.05) is 30.7 Å². The van der Waals surface area contributed by atoms with Crippen LogP contribution in [0.2, 0.25) is 5.02 Å². The van der Waals surface area contributed by atoms with Gasteiger partial charge in [0.15, 0.2) is 29.6 Å². The number of benzene rings is 3. The van der Waals surface area contributed by atoms with Crippen molar-refractivity contribution in [3.05, 3.63) is 76.3 Å². The van der Waals surface area contributed by atoms with E-state index in [0.717, 1.165) is 12.0 Å². The minimum atomic E-state index is -0.431. The maximum atomic E-state index is 12.5. The summed E-state index contributed by atoms with van der Waals surface area (Å²) in [4.78, 5) is 24.8. The molecule has 0 aliphatic carbocycles. The van der Waals surface area contributed by atoms with E-state index in [1.165, 1.54) is 20.4 Å². The highest BCUT2D eigenvalue weighted by Crippen LogP contribution is 2.36. The molecule has 0 aliphatic heterocycles. The van der Waals surface area contributed by atoms with Crippen LogP contribution in [-0.4, -0.2) is 45.5 Å². The zero-order valence-electron chi connectivity index (χ0n) is 21.7. The van der Waals surface area contributed by atoms with Gasteiger partial charge in [0, 0.05) is 11.3 Å². The monoisotopic (exact) mass is 539 g/mol. The van der Waals surface area contributed by atoms with Crippen molar-refractivity contribution in [2.24, 2.45) is 5.10 Å². The maximum Gasteiger partial charge on any atom is 0.271 e. The molecule has 0 saturated heterocycles. The number of anilines is 1. The third kappa shape index (κ3) is 7.88. The molecule has 3 aromatic carbocycles. The average Bonchev–Trinajstić information content (AvgIpc) is 2.90. The number of nitrogens with one attached hydrogen (secondary N) is 2. The van der Waals surface area contributed by atoms with Gasteiger partial charge in [0.25, 0.3) is 11.8 Å². The molecule has 3 aromatic rings.